The van der Waals surface area contributed by atoms with Gasteiger partial charge in [-0.3, -0.25) is 9.80 Å². The summed E-state index contributed by atoms with van der Waals surface area (Å²) in [6.45, 7) is 6.36. The molecule has 21 heavy (non-hydrogen) atoms. The lowest BCUT2D eigenvalue weighted by Crippen LogP contribution is -2.46. The fourth-order valence-electron chi connectivity index (χ4n) is 4.36. The summed E-state index contributed by atoms with van der Waals surface area (Å²) >= 11 is 0. The SMILES string of the molecule is c1ccc2c(c1)CC(N1CCC(N3CCCCC3)C1)CN2. The maximum absolute atomic E-state index is 3.63. The van der Waals surface area contributed by atoms with Crippen molar-refractivity contribution in [2.24, 2.45) is 0 Å². The van der Waals surface area contributed by atoms with Gasteiger partial charge in [-0.25, -0.2) is 0 Å². The number of fused-ring (bicyclic) bond motifs is 1. The number of rotatable bonds is 2. The standard InChI is InChI=1S/C18H27N3/c1-4-9-20(10-5-1)16-8-11-21(14-16)17-12-15-6-2-3-7-18(15)19-13-17/h2-3,6-7,16-17,19H,1,4-5,8-14H2. The van der Waals surface area contributed by atoms with E-state index in [0.717, 1.165) is 12.6 Å². The fraction of sp³-hybridized carbons (Fsp3) is 0.667. The number of piperidine rings is 1. The molecule has 0 aromatic heterocycles. The van der Waals surface area contributed by atoms with Gasteiger partial charge in [0.15, 0.2) is 0 Å². The summed E-state index contributed by atoms with van der Waals surface area (Å²) in [6.07, 6.45) is 6.86. The van der Waals surface area contributed by atoms with E-state index in [1.165, 1.54) is 69.5 Å². The van der Waals surface area contributed by atoms with Crippen LogP contribution >= 0.6 is 0 Å². The number of benzene rings is 1. The topological polar surface area (TPSA) is 18.5 Å². The minimum atomic E-state index is 0.690. The van der Waals surface area contributed by atoms with Gasteiger partial charge >= 0.3 is 0 Å². The van der Waals surface area contributed by atoms with Gasteiger partial charge in [-0.05, 0) is 50.4 Å². The first-order chi connectivity index (χ1) is 10.4. The molecule has 4 rings (SSSR count). The minimum absolute atomic E-state index is 0.690. The normalized spacial score (nSPS) is 30.9. The summed E-state index contributed by atoms with van der Waals surface area (Å²) in [6, 6.07) is 10.3. The third kappa shape index (κ3) is 2.82. The highest BCUT2D eigenvalue weighted by molar-refractivity contribution is 5.53. The van der Waals surface area contributed by atoms with Crippen LogP contribution < -0.4 is 5.32 Å². The second-order valence-corrected chi connectivity index (χ2v) is 6.93. The first-order valence-corrected chi connectivity index (χ1v) is 8.70. The summed E-state index contributed by atoms with van der Waals surface area (Å²) in [5, 5.41) is 3.63. The van der Waals surface area contributed by atoms with Gasteiger partial charge in [-0.2, -0.15) is 0 Å². The Morgan fingerprint density at radius 1 is 0.905 bits per heavy atom. The maximum atomic E-state index is 3.63. The molecular formula is C18H27N3. The van der Waals surface area contributed by atoms with Crippen LogP contribution in [-0.2, 0) is 6.42 Å². The highest BCUT2D eigenvalue weighted by Gasteiger charge is 2.33. The van der Waals surface area contributed by atoms with Gasteiger partial charge in [-0.15, -0.1) is 0 Å². The molecule has 2 atom stereocenters. The first-order valence-electron chi connectivity index (χ1n) is 8.70. The number of para-hydroxylation sites is 1. The molecule has 3 nitrogen and oxygen atoms in total. The average Bonchev–Trinajstić information content (AvgIpc) is 3.05. The molecule has 0 saturated carbocycles. The Hall–Kier alpha value is -1.06. The number of anilines is 1. The molecule has 2 saturated heterocycles. The van der Waals surface area contributed by atoms with Crippen molar-refractivity contribution < 1.29 is 0 Å². The van der Waals surface area contributed by atoms with Crippen LogP contribution in [0.15, 0.2) is 24.3 Å². The van der Waals surface area contributed by atoms with Crippen LogP contribution in [0, 0.1) is 0 Å². The number of nitrogens with zero attached hydrogens (tertiary/aromatic N) is 2. The molecule has 0 spiro atoms. The van der Waals surface area contributed by atoms with E-state index in [1.807, 2.05) is 0 Å². The molecule has 1 aromatic carbocycles. The van der Waals surface area contributed by atoms with Crippen LogP contribution in [0.4, 0.5) is 5.69 Å². The molecule has 0 aliphatic carbocycles. The quantitative estimate of drug-likeness (QED) is 0.901. The smallest absolute Gasteiger partial charge is 0.0373 e. The second-order valence-electron chi connectivity index (χ2n) is 6.93. The van der Waals surface area contributed by atoms with E-state index in [0.29, 0.717) is 6.04 Å². The van der Waals surface area contributed by atoms with Crippen LogP contribution in [0.2, 0.25) is 0 Å². The van der Waals surface area contributed by atoms with E-state index in [2.05, 4.69) is 39.4 Å². The molecule has 0 bridgehead atoms. The van der Waals surface area contributed by atoms with Crippen molar-refractivity contribution in [3.05, 3.63) is 29.8 Å². The number of hydrogen-bond acceptors (Lipinski definition) is 3. The molecule has 2 unspecified atom stereocenters. The molecule has 3 heteroatoms. The van der Waals surface area contributed by atoms with Crippen LogP contribution in [0.1, 0.15) is 31.2 Å². The molecule has 3 aliphatic heterocycles. The van der Waals surface area contributed by atoms with Gasteiger partial charge in [-0.1, -0.05) is 24.6 Å². The van der Waals surface area contributed by atoms with Gasteiger partial charge in [0.1, 0.15) is 0 Å². The van der Waals surface area contributed by atoms with Crippen molar-refractivity contribution >= 4 is 5.69 Å². The van der Waals surface area contributed by atoms with Crippen LogP contribution in [-0.4, -0.2) is 54.6 Å². The molecule has 0 amide bonds. The monoisotopic (exact) mass is 285 g/mol. The van der Waals surface area contributed by atoms with Crippen LogP contribution in [0.3, 0.4) is 0 Å². The molecule has 3 aliphatic rings. The third-order valence-corrected chi connectivity index (χ3v) is 5.62. The maximum Gasteiger partial charge on any atom is 0.0373 e. The Bertz CT molecular complexity index is 481. The Balaban J connectivity index is 1.38. The lowest BCUT2D eigenvalue weighted by atomic mass is 9.99. The minimum Gasteiger partial charge on any atom is -0.383 e. The summed E-state index contributed by atoms with van der Waals surface area (Å²) < 4.78 is 0. The van der Waals surface area contributed by atoms with Crippen molar-refractivity contribution in [2.45, 2.75) is 44.2 Å². The summed E-state index contributed by atoms with van der Waals surface area (Å²) in [5.74, 6) is 0. The van der Waals surface area contributed by atoms with Crippen molar-refractivity contribution in [3.63, 3.8) is 0 Å². The summed E-state index contributed by atoms with van der Waals surface area (Å²) in [5.41, 5.74) is 2.84. The average molecular weight is 285 g/mol. The zero-order chi connectivity index (χ0) is 14.1. The predicted molar refractivity (Wildman–Crippen MR) is 87.8 cm³/mol. The van der Waals surface area contributed by atoms with Gasteiger partial charge in [0.2, 0.25) is 0 Å². The van der Waals surface area contributed by atoms with Crippen LogP contribution in [0.5, 0.6) is 0 Å². The van der Waals surface area contributed by atoms with Gasteiger partial charge < -0.3 is 5.32 Å². The molecule has 2 fully saturated rings. The van der Waals surface area contributed by atoms with Crippen molar-refractivity contribution in [1.82, 2.24) is 9.80 Å². The number of nitrogens with one attached hydrogen (secondary N) is 1. The zero-order valence-corrected chi connectivity index (χ0v) is 12.9. The van der Waals surface area contributed by atoms with E-state index in [9.17, 15) is 0 Å². The number of hydrogen-bond donors (Lipinski definition) is 1. The van der Waals surface area contributed by atoms with Crippen LogP contribution in [0.25, 0.3) is 0 Å². The lowest BCUT2D eigenvalue weighted by molar-refractivity contribution is 0.152. The van der Waals surface area contributed by atoms with Gasteiger partial charge in [0.25, 0.3) is 0 Å². The first kappa shape index (κ1) is 13.6. The molecule has 1 aromatic rings. The Kier molecular flexibility index (Phi) is 3.87. The number of likely N-dealkylation sites (tertiary alicyclic amines) is 2. The van der Waals surface area contributed by atoms with Crippen molar-refractivity contribution in [3.8, 4) is 0 Å². The predicted octanol–water partition coefficient (Wildman–Crippen LogP) is 2.58. The van der Waals surface area contributed by atoms with Crippen molar-refractivity contribution in [1.29, 1.82) is 0 Å². The van der Waals surface area contributed by atoms with E-state index < -0.39 is 0 Å². The Morgan fingerprint density at radius 2 is 1.76 bits per heavy atom. The van der Waals surface area contributed by atoms with Gasteiger partial charge in [0.05, 0.1) is 0 Å². The van der Waals surface area contributed by atoms with E-state index in [1.54, 1.807) is 0 Å². The van der Waals surface area contributed by atoms with E-state index >= 15 is 0 Å². The third-order valence-electron chi connectivity index (χ3n) is 5.62. The molecule has 0 radical (unpaired) electrons. The molecule has 114 valence electrons. The zero-order valence-electron chi connectivity index (χ0n) is 12.9. The van der Waals surface area contributed by atoms with E-state index in [4.69, 9.17) is 0 Å². The van der Waals surface area contributed by atoms with Crippen molar-refractivity contribution in [2.75, 3.05) is 38.0 Å². The summed E-state index contributed by atoms with van der Waals surface area (Å²) in [7, 11) is 0. The second kappa shape index (κ2) is 5.98. The summed E-state index contributed by atoms with van der Waals surface area (Å²) in [4.78, 5) is 5.50. The van der Waals surface area contributed by atoms with E-state index in [-0.39, 0.29) is 0 Å². The highest BCUT2D eigenvalue weighted by atomic mass is 15.3. The fourth-order valence-corrected chi connectivity index (χ4v) is 4.36. The highest BCUT2D eigenvalue weighted by Crippen LogP contribution is 2.27. The Labute approximate surface area is 128 Å². The largest absolute Gasteiger partial charge is 0.383 e. The van der Waals surface area contributed by atoms with Gasteiger partial charge in [0, 0.05) is 37.4 Å². The molecule has 1 N–H and O–H groups in total. The Morgan fingerprint density at radius 3 is 2.67 bits per heavy atom. The molecular weight excluding hydrogens is 258 g/mol. The lowest BCUT2D eigenvalue weighted by Gasteiger charge is -2.35. The molecule has 3 heterocycles.